The molecule has 1 aromatic heterocycles. The molecule has 0 aliphatic rings. The molecule has 0 saturated carbocycles. The molecule has 1 heterocycles. The molecule has 5 nitrogen and oxygen atoms in total. The first-order chi connectivity index (χ1) is 12.6. The van der Waals surface area contributed by atoms with Crippen molar-refractivity contribution < 1.29 is 14.3 Å². The Balaban J connectivity index is 1.61. The van der Waals surface area contributed by atoms with Crippen LogP contribution in [0.3, 0.4) is 0 Å². The van der Waals surface area contributed by atoms with E-state index in [1.165, 1.54) is 0 Å². The molecular formula is C21H17NO4. The number of rotatable bonds is 5. The van der Waals surface area contributed by atoms with Crippen LogP contribution in [0.25, 0.3) is 12.2 Å². The Labute approximate surface area is 150 Å². The molecule has 2 aromatic carbocycles. The van der Waals surface area contributed by atoms with Gasteiger partial charge in [-0.1, -0.05) is 66.7 Å². The van der Waals surface area contributed by atoms with Gasteiger partial charge in [0, 0.05) is 12.6 Å². The lowest BCUT2D eigenvalue weighted by atomic mass is 10.1. The van der Waals surface area contributed by atoms with Crippen molar-refractivity contribution in [2.45, 2.75) is 6.54 Å². The molecule has 0 saturated heterocycles. The summed E-state index contributed by atoms with van der Waals surface area (Å²) in [6, 6.07) is 18.7. The first kappa shape index (κ1) is 17.2. The zero-order chi connectivity index (χ0) is 18.4. The molecule has 0 fully saturated rings. The average molecular weight is 347 g/mol. The fourth-order valence-corrected chi connectivity index (χ4v) is 2.34. The summed E-state index contributed by atoms with van der Waals surface area (Å²) in [5.74, 6) is -1.72. The third-order valence-electron chi connectivity index (χ3n) is 3.76. The maximum Gasteiger partial charge on any atom is 0.291 e. The van der Waals surface area contributed by atoms with Crippen LogP contribution in [-0.2, 0) is 6.54 Å². The van der Waals surface area contributed by atoms with E-state index in [-0.39, 0.29) is 12.3 Å². The third kappa shape index (κ3) is 4.27. The Morgan fingerprint density at radius 2 is 1.62 bits per heavy atom. The minimum absolute atomic E-state index is 0.250. The average Bonchev–Trinajstić information content (AvgIpc) is 2.68. The lowest BCUT2D eigenvalue weighted by molar-refractivity contribution is 0.0915. The monoisotopic (exact) mass is 347 g/mol. The quantitative estimate of drug-likeness (QED) is 0.693. The Kier molecular flexibility index (Phi) is 5.29. The number of carbonyl (C=O) groups is 1. The van der Waals surface area contributed by atoms with E-state index in [0.717, 1.165) is 29.0 Å². The van der Waals surface area contributed by atoms with Crippen LogP contribution in [-0.4, -0.2) is 11.0 Å². The van der Waals surface area contributed by atoms with E-state index in [0.29, 0.717) is 0 Å². The first-order valence-corrected chi connectivity index (χ1v) is 8.04. The second kappa shape index (κ2) is 7.98. The Morgan fingerprint density at radius 1 is 0.962 bits per heavy atom. The Bertz CT molecular complexity index is 973. The zero-order valence-electron chi connectivity index (χ0n) is 13.9. The minimum Gasteiger partial charge on any atom is -0.501 e. The van der Waals surface area contributed by atoms with E-state index < -0.39 is 17.1 Å². The summed E-state index contributed by atoms with van der Waals surface area (Å²) < 4.78 is 4.91. The van der Waals surface area contributed by atoms with Crippen LogP contribution in [0.15, 0.2) is 76.1 Å². The summed E-state index contributed by atoms with van der Waals surface area (Å²) >= 11 is 0. The van der Waals surface area contributed by atoms with Crippen molar-refractivity contribution in [1.82, 2.24) is 5.32 Å². The van der Waals surface area contributed by atoms with Crippen LogP contribution in [0.2, 0.25) is 0 Å². The molecule has 2 N–H and O–H groups in total. The van der Waals surface area contributed by atoms with E-state index in [1.807, 2.05) is 66.7 Å². The molecule has 0 atom stereocenters. The van der Waals surface area contributed by atoms with Gasteiger partial charge in [0.15, 0.2) is 0 Å². The number of carbonyl (C=O) groups excluding carboxylic acids is 1. The molecule has 0 radical (unpaired) electrons. The number of hydrogen-bond donors (Lipinski definition) is 2. The van der Waals surface area contributed by atoms with Gasteiger partial charge in [0.25, 0.3) is 5.91 Å². The fourth-order valence-electron chi connectivity index (χ4n) is 2.34. The van der Waals surface area contributed by atoms with Crippen LogP contribution in [0.5, 0.6) is 5.75 Å². The van der Waals surface area contributed by atoms with Crippen LogP contribution in [0.1, 0.15) is 27.2 Å². The molecule has 3 aromatic rings. The Hall–Kier alpha value is -3.60. The zero-order valence-corrected chi connectivity index (χ0v) is 13.9. The summed E-state index contributed by atoms with van der Waals surface area (Å²) in [4.78, 5) is 23.3. The molecule has 0 spiro atoms. The lowest BCUT2D eigenvalue weighted by Gasteiger charge is -2.06. The summed E-state index contributed by atoms with van der Waals surface area (Å²) in [7, 11) is 0. The van der Waals surface area contributed by atoms with E-state index >= 15 is 0 Å². The predicted molar refractivity (Wildman–Crippen MR) is 99.6 cm³/mol. The molecule has 0 unspecified atom stereocenters. The van der Waals surface area contributed by atoms with Gasteiger partial charge in [-0.15, -0.1) is 0 Å². The van der Waals surface area contributed by atoms with Crippen molar-refractivity contribution in [2.75, 3.05) is 0 Å². The van der Waals surface area contributed by atoms with Gasteiger partial charge in [-0.3, -0.25) is 9.59 Å². The van der Waals surface area contributed by atoms with Crippen LogP contribution < -0.4 is 10.7 Å². The highest BCUT2D eigenvalue weighted by Crippen LogP contribution is 2.12. The number of aromatic hydroxyl groups is 1. The van der Waals surface area contributed by atoms with Gasteiger partial charge in [0.1, 0.15) is 0 Å². The molecule has 0 aliphatic carbocycles. The van der Waals surface area contributed by atoms with Gasteiger partial charge in [0.05, 0.1) is 6.26 Å². The van der Waals surface area contributed by atoms with E-state index in [2.05, 4.69) is 5.32 Å². The second-order valence-corrected chi connectivity index (χ2v) is 5.63. The molecule has 5 heteroatoms. The fraction of sp³-hybridized carbons (Fsp3) is 0.0476. The number of benzene rings is 2. The summed E-state index contributed by atoms with van der Waals surface area (Å²) in [6.07, 6.45) is 5.11. The molecule has 26 heavy (non-hydrogen) atoms. The summed E-state index contributed by atoms with van der Waals surface area (Å²) in [5.41, 5.74) is 2.38. The van der Waals surface area contributed by atoms with Crippen molar-refractivity contribution in [1.29, 1.82) is 0 Å². The van der Waals surface area contributed by atoms with E-state index in [1.54, 1.807) is 0 Å². The Morgan fingerprint density at radius 3 is 2.31 bits per heavy atom. The lowest BCUT2D eigenvalue weighted by Crippen LogP contribution is -2.24. The van der Waals surface area contributed by atoms with Gasteiger partial charge in [-0.2, -0.15) is 0 Å². The predicted octanol–water partition coefficient (Wildman–Crippen LogP) is 3.45. The molecule has 1 amide bonds. The third-order valence-corrected chi connectivity index (χ3v) is 3.76. The standard InChI is InChI=1S/C21H17NO4/c23-18-12-13-26-20(19(18)24)21(25)22-14-17-10-8-16(9-11-17)7-6-15-4-2-1-3-5-15/h1-13,24H,14H2,(H,22,25)/b7-6+. The summed E-state index contributed by atoms with van der Waals surface area (Å²) in [6.45, 7) is 0.250. The van der Waals surface area contributed by atoms with E-state index in [9.17, 15) is 14.7 Å². The van der Waals surface area contributed by atoms with Crippen molar-refractivity contribution in [3.05, 3.63) is 99.6 Å². The van der Waals surface area contributed by atoms with Crippen LogP contribution >= 0.6 is 0 Å². The minimum atomic E-state index is -0.689. The largest absolute Gasteiger partial charge is 0.501 e. The summed E-state index contributed by atoms with van der Waals surface area (Å²) in [5, 5.41) is 12.2. The van der Waals surface area contributed by atoms with Gasteiger partial charge in [-0.25, -0.2) is 0 Å². The van der Waals surface area contributed by atoms with Crippen LogP contribution in [0, 0.1) is 0 Å². The second-order valence-electron chi connectivity index (χ2n) is 5.63. The number of nitrogens with one attached hydrogen (secondary N) is 1. The highest BCUT2D eigenvalue weighted by atomic mass is 16.4. The number of hydrogen-bond acceptors (Lipinski definition) is 4. The van der Waals surface area contributed by atoms with Crippen LogP contribution in [0.4, 0.5) is 0 Å². The van der Waals surface area contributed by atoms with Gasteiger partial charge < -0.3 is 14.8 Å². The van der Waals surface area contributed by atoms with Crippen molar-refractivity contribution >= 4 is 18.1 Å². The highest BCUT2D eigenvalue weighted by molar-refractivity contribution is 5.93. The SMILES string of the molecule is O=C(NCc1ccc(/C=C/c2ccccc2)cc1)c1occc(=O)c1O. The molecule has 3 rings (SSSR count). The van der Waals surface area contributed by atoms with Gasteiger partial charge >= 0.3 is 0 Å². The molecule has 0 aliphatic heterocycles. The first-order valence-electron chi connectivity index (χ1n) is 8.04. The topological polar surface area (TPSA) is 79.5 Å². The highest BCUT2D eigenvalue weighted by Gasteiger charge is 2.16. The normalized spacial score (nSPS) is 10.8. The van der Waals surface area contributed by atoms with Crippen molar-refractivity contribution in [2.24, 2.45) is 0 Å². The van der Waals surface area contributed by atoms with Gasteiger partial charge in [0.2, 0.25) is 16.9 Å². The number of amides is 1. The maximum atomic E-state index is 12.0. The van der Waals surface area contributed by atoms with E-state index in [4.69, 9.17) is 4.42 Å². The van der Waals surface area contributed by atoms with Crippen molar-refractivity contribution in [3.8, 4) is 5.75 Å². The van der Waals surface area contributed by atoms with Crippen molar-refractivity contribution in [3.63, 3.8) is 0 Å². The molecular weight excluding hydrogens is 330 g/mol. The smallest absolute Gasteiger partial charge is 0.291 e. The molecule has 0 bridgehead atoms. The van der Waals surface area contributed by atoms with Gasteiger partial charge in [-0.05, 0) is 16.7 Å². The maximum absolute atomic E-state index is 12.0. The molecule has 130 valence electrons.